The first-order chi connectivity index (χ1) is 7.56. The number of nitrogens with two attached hydrogens (primary N) is 1. The van der Waals surface area contributed by atoms with Gasteiger partial charge in [0.1, 0.15) is 11.6 Å². The predicted octanol–water partition coefficient (Wildman–Crippen LogP) is 1.68. The van der Waals surface area contributed by atoms with E-state index in [1.165, 1.54) is 0 Å². The Morgan fingerprint density at radius 3 is 2.62 bits per heavy atom. The van der Waals surface area contributed by atoms with Crippen LogP contribution in [0.2, 0.25) is 0 Å². The molecule has 2 aromatic heterocycles. The molecule has 0 unspecified atom stereocenters. The molecule has 2 N–H and O–H groups in total. The molecule has 0 amide bonds. The van der Waals surface area contributed by atoms with Crippen molar-refractivity contribution >= 4 is 5.82 Å². The lowest BCUT2D eigenvalue weighted by atomic mass is 10.2. The van der Waals surface area contributed by atoms with E-state index in [1.807, 2.05) is 13.0 Å². The second-order valence-electron chi connectivity index (χ2n) is 4.07. The summed E-state index contributed by atoms with van der Waals surface area (Å²) in [5.41, 5.74) is 6.51. The van der Waals surface area contributed by atoms with Crippen LogP contribution < -0.4 is 5.73 Å². The smallest absolute Gasteiger partial charge is 0.157 e. The fourth-order valence-electron chi connectivity index (χ4n) is 1.42. The Morgan fingerprint density at radius 2 is 2.06 bits per heavy atom. The third-order valence-electron chi connectivity index (χ3n) is 2.22. The summed E-state index contributed by atoms with van der Waals surface area (Å²) in [5.74, 6) is 2.37. The summed E-state index contributed by atoms with van der Waals surface area (Å²) in [6, 6.07) is 3.63. The third kappa shape index (κ3) is 2.03. The van der Waals surface area contributed by atoms with E-state index in [0.717, 1.165) is 17.3 Å². The van der Waals surface area contributed by atoms with Gasteiger partial charge in [-0.05, 0) is 6.92 Å². The summed E-state index contributed by atoms with van der Waals surface area (Å²) in [7, 11) is 0. The van der Waals surface area contributed by atoms with Crippen LogP contribution in [0.25, 0.3) is 5.82 Å². The maximum Gasteiger partial charge on any atom is 0.157 e. The lowest BCUT2D eigenvalue weighted by Crippen LogP contribution is -2.06. The quantitative estimate of drug-likeness (QED) is 0.830. The summed E-state index contributed by atoms with van der Waals surface area (Å²) in [6.07, 6.45) is 1.79. The standard InChI is InChI=1S/C11H15N5/c1-7(2)11-13-8(3)6-10(14-11)16-5-4-9(12)15-16/h4-7H,1-3H3,(H2,12,15). The predicted molar refractivity (Wildman–Crippen MR) is 62.4 cm³/mol. The summed E-state index contributed by atoms with van der Waals surface area (Å²) in [4.78, 5) is 8.83. The van der Waals surface area contributed by atoms with E-state index in [1.54, 1.807) is 16.9 Å². The lowest BCUT2D eigenvalue weighted by molar-refractivity contribution is 0.739. The molecular weight excluding hydrogens is 202 g/mol. The van der Waals surface area contributed by atoms with Gasteiger partial charge in [0, 0.05) is 29.9 Å². The van der Waals surface area contributed by atoms with Crippen LogP contribution in [0.4, 0.5) is 5.82 Å². The molecule has 16 heavy (non-hydrogen) atoms. The summed E-state index contributed by atoms with van der Waals surface area (Å²) in [5, 5.41) is 4.13. The van der Waals surface area contributed by atoms with Crippen molar-refractivity contribution in [1.29, 1.82) is 0 Å². The second-order valence-corrected chi connectivity index (χ2v) is 4.07. The van der Waals surface area contributed by atoms with Gasteiger partial charge in [-0.2, -0.15) is 0 Å². The van der Waals surface area contributed by atoms with Gasteiger partial charge < -0.3 is 5.73 Å². The Bertz CT molecular complexity index is 501. The Hall–Kier alpha value is -1.91. The first-order valence-corrected chi connectivity index (χ1v) is 5.23. The zero-order valence-electron chi connectivity index (χ0n) is 9.68. The molecule has 0 bridgehead atoms. The van der Waals surface area contributed by atoms with Crippen molar-refractivity contribution in [2.75, 3.05) is 5.73 Å². The number of anilines is 1. The van der Waals surface area contributed by atoms with E-state index >= 15 is 0 Å². The van der Waals surface area contributed by atoms with Crippen molar-refractivity contribution in [3.8, 4) is 5.82 Å². The fraction of sp³-hybridized carbons (Fsp3) is 0.364. The molecule has 0 aliphatic carbocycles. The Balaban J connectivity index is 2.49. The van der Waals surface area contributed by atoms with Crippen LogP contribution in [0.15, 0.2) is 18.3 Å². The van der Waals surface area contributed by atoms with Crippen molar-refractivity contribution in [3.63, 3.8) is 0 Å². The van der Waals surface area contributed by atoms with Gasteiger partial charge >= 0.3 is 0 Å². The summed E-state index contributed by atoms with van der Waals surface area (Å²) in [6.45, 7) is 6.08. The van der Waals surface area contributed by atoms with Crippen molar-refractivity contribution in [2.45, 2.75) is 26.7 Å². The number of hydrogen-bond acceptors (Lipinski definition) is 4. The highest BCUT2D eigenvalue weighted by atomic mass is 15.3. The highest BCUT2D eigenvalue weighted by molar-refractivity contribution is 5.31. The lowest BCUT2D eigenvalue weighted by Gasteiger charge is -2.07. The minimum atomic E-state index is 0.298. The van der Waals surface area contributed by atoms with E-state index in [9.17, 15) is 0 Å². The van der Waals surface area contributed by atoms with E-state index < -0.39 is 0 Å². The molecule has 84 valence electrons. The van der Waals surface area contributed by atoms with Crippen LogP contribution in [0, 0.1) is 6.92 Å². The zero-order valence-corrected chi connectivity index (χ0v) is 9.68. The Morgan fingerprint density at radius 1 is 1.31 bits per heavy atom. The highest BCUT2D eigenvalue weighted by Gasteiger charge is 2.07. The number of nitrogens with zero attached hydrogens (tertiary/aromatic N) is 4. The number of aryl methyl sites for hydroxylation is 1. The average molecular weight is 217 g/mol. The van der Waals surface area contributed by atoms with Crippen molar-refractivity contribution < 1.29 is 0 Å². The van der Waals surface area contributed by atoms with Crippen molar-refractivity contribution in [1.82, 2.24) is 19.7 Å². The van der Waals surface area contributed by atoms with Crippen LogP contribution in [-0.2, 0) is 0 Å². The van der Waals surface area contributed by atoms with Gasteiger partial charge in [0.2, 0.25) is 0 Å². The van der Waals surface area contributed by atoms with Gasteiger partial charge in [-0.15, -0.1) is 5.10 Å². The molecule has 0 saturated carbocycles. The minimum absolute atomic E-state index is 0.298. The van der Waals surface area contributed by atoms with Crippen molar-refractivity contribution in [2.24, 2.45) is 0 Å². The van der Waals surface area contributed by atoms with E-state index in [2.05, 4.69) is 28.9 Å². The molecule has 5 nitrogen and oxygen atoms in total. The molecule has 2 aromatic rings. The van der Waals surface area contributed by atoms with E-state index in [4.69, 9.17) is 5.73 Å². The second kappa shape index (κ2) is 3.92. The SMILES string of the molecule is Cc1cc(-n2ccc(N)n2)nc(C(C)C)n1. The van der Waals surface area contributed by atoms with Crippen molar-refractivity contribution in [3.05, 3.63) is 29.8 Å². The largest absolute Gasteiger partial charge is 0.382 e. The van der Waals surface area contributed by atoms with E-state index in [0.29, 0.717) is 11.7 Å². The van der Waals surface area contributed by atoms with Gasteiger partial charge in [0.15, 0.2) is 5.82 Å². The molecule has 0 aliphatic rings. The summed E-state index contributed by atoms with van der Waals surface area (Å²) < 4.78 is 1.66. The topological polar surface area (TPSA) is 69.6 Å². The molecule has 5 heteroatoms. The average Bonchev–Trinajstić information content (AvgIpc) is 2.64. The minimum Gasteiger partial charge on any atom is -0.382 e. The monoisotopic (exact) mass is 217 g/mol. The van der Waals surface area contributed by atoms with Crippen LogP contribution >= 0.6 is 0 Å². The highest BCUT2D eigenvalue weighted by Crippen LogP contribution is 2.13. The normalized spacial score (nSPS) is 11.0. The molecular formula is C11H15N5. The third-order valence-corrected chi connectivity index (χ3v) is 2.22. The van der Waals surface area contributed by atoms with Crippen LogP contribution in [0.1, 0.15) is 31.3 Å². The Labute approximate surface area is 94.3 Å². The molecule has 0 saturated heterocycles. The zero-order chi connectivity index (χ0) is 11.7. The van der Waals surface area contributed by atoms with Gasteiger partial charge in [0.25, 0.3) is 0 Å². The van der Waals surface area contributed by atoms with Gasteiger partial charge in [0.05, 0.1) is 0 Å². The van der Waals surface area contributed by atoms with Crippen LogP contribution in [-0.4, -0.2) is 19.7 Å². The molecule has 0 aromatic carbocycles. The molecule has 0 atom stereocenters. The van der Waals surface area contributed by atoms with Crippen LogP contribution in [0.5, 0.6) is 0 Å². The van der Waals surface area contributed by atoms with Gasteiger partial charge in [-0.1, -0.05) is 13.8 Å². The molecule has 2 rings (SSSR count). The maximum atomic E-state index is 5.58. The maximum absolute atomic E-state index is 5.58. The first kappa shape index (κ1) is 10.6. The molecule has 0 radical (unpaired) electrons. The van der Waals surface area contributed by atoms with E-state index in [-0.39, 0.29) is 0 Å². The first-order valence-electron chi connectivity index (χ1n) is 5.23. The molecule has 0 spiro atoms. The Kier molecular flexibility index (Phi) is 2.60. The number of aromatic nitrogens is 4. The summed E-state index contributed by atoms with van der Waals surface area (Å²) >= 11 is 0. The van der Waals surface area contributed by atoms with Gasteiger partial charge in [-0.25, -0.2) is 14.6 Å². The molecule has 2 heterocycles. The van der Waals surface area contributed by atoms with Crippen LogP contribution in [0.3, 0.4) is 0 Å². The number of hydrogen-bond donors (Lipinski definition) is 1. The molecule has 0 aliphatic heterocycles. The van der Waals surface area contributed by atoms with Gasteiger partial charge in [-0.3, -0.25) is 0 Å². The number of rotatable bonds is 2. The fourth-order valence-corrected chi connectivity index (χ4v) is 1.42. The molecule has 0 fully saturated rings. The number of nitrogen functional groups attached to an aromatic ring is 1.